The predicted molar refractivity (Wildman–Crippen MR) is 85.0 cm³/mol. The van der Waals surface area contributed by atoms with E-state index >= 15 is 0 Å². The van der Waals surface area contributed by atoms with E-state index in [1.54, 1.807) is 25.4 Å². The van der Waals surface area contributed by atoms with Crippen LogP contribution >= 0.6 is 0 Å². The number of anilines is 1. The lowest BCUT2D eigenvalue weighted by atomic mass is 10.1. The lowest BCUT2D eigenvalue weighted by molar-refractivity contribution is 0.0257. The number of carbonyl (C=O) groups is 1. The summed E-state index contributed by atoms with van der Waals surface area (Å²) in [6.45, 7) is 1.21. The summed E-state index contributed by atoms with van der Waals surface area (Å²) in [6, 6.07) is 7.78. The molecule has 0 saturated carbocycles. The number of ether oxygens (including phenoxy) is 1. The van der Waals surface area contributed by atoms with Crippen molar-refractivity contribution < 1.29 is 13.9 Å². The van der Waals surface area contributed by atoms with Crippen molar-refractivity contribution in [1.29, 1.82) is 5.26 Å². The molecule has 0 N–H and O–H groups in total. The van der Waals surface area contributed by atoms with E-state index in [0.29, 0.717) is 17.9 Å². The summed E-state index contributed by atoms with van der Waals surface area (Å²) in [5.74, 6) is -0.854. The molecule has 0 spiro atoms. The van der Waals surface area contributed by atoms with Crippen LogP contribution in [-0.2, 0) is 11.8 Å². The summed E-state index contributed by atoms with van der Waals surface area (Å²) in [4.78, 5) is 14.2. The van der Waals surface area contributed by atoms with Gasteiger partial charge in [-0.05, 0) is 37.1 Å². The number of rotatable bonds is 3. The maximum atomic E-state index is 13.3. The van der Waals surface area contributed by atoms with Gasteiger partial charge in [0.2, 0.25) is 0 Å². The number of piperidine rings is 1. The summed E-state index contributed by atoms with van der Waals surface area (Å²) in [5.41, 5.74) is 1.35. The molecule has 7 heteroatoms. The van der Waals surface area contributed by atoms with Gasteiger partial charge in [0.15, 0.2) is 0 Å². The zero-order valence-corrected chi connectivity index (χ0v) is 13.3. The number of benzene rings is 1. The molecule has 1 aromatic carbocycles. The summed E-state index contributed by atoms with van der Waals surface area (Å²) in [5, 5.41) is 13.2. The molecule has 1 fully saturated rings. The second-order valence-electron chi connectivity index (χ2n) is 5.73. The van der Waals surface area contributed by atoms with Crippen LogP contribution in [0.4, 0.5) is 10.1 Å². The first kappa shape index (κ1) is 16.0. The molecular weight excluding hydrogens is 311 g/mol. The van der Waals surface area contributed by atoms with Gasteiger partial charge in [0, 0.05) is 19.8 Å². The minimum Gasteiger partial charge on any atom is -0.456 e. The Morgan fingerprint density at radius 2 is 2.29 bits per heavy atom. The largest absolute Gasteiger partial charge is 0.456 e. The Morgan fingerprint density at radius 1 is 1.46 bits per heavy atom. The standard InChI is InChI=1S/C17H17FN4O2/c1-21-16(6-7-20-21)17(23)24-14-3-2-8-22(11-14)15-5-4-13(18)9-12(15)10-19/h4-7,9,14H,2-3,8,11H2,1H3. The number of hydrogen-bond donors (Lipinski definition) is 0. The first-order valence-electron chi connectivity index (χ1n) is 7.72. The van der Waals surface area contributed by atoms with Gasteiger partial charge in [-0.15, -0.1) is 0 Å². The van der Waals surface area contributed by atoms with Crippen molar-refractivity contribution in [3.63, 3.8) is 0 Å². The van der Waals surface area contributed by atoms with Crippen LogP contribution in [0.1, 0.15) is 28.9 Å². The molecule has 2 aromatic rings. The fourth-order valence-corrected chi connectivity index (χ4v) is 2.91. The highest BCUT2D eigenvalue weighted by molar-refractivity contribution is 5.87. The monoisotopic (exact) mass is 328 g/mol. The Morgan fingerprint density at radius 3 is 3.00 bits per heavy atom. The van der Waals surface area contributed by atoms with Crippen molar-refractivity contribution in [2.75, 3.05) is 18.0 Å². The number of aromatic nitrogens is 2. The third-order valence-corrected chi connectivity index (χ3v) is 4.10. The Balaban J connectivity index is 1.72. The zero-order valence-electron chi connectivity index (χ0n) is 13.3. The maximum absolute atomic E-state index is 13.3. The Kier molecular flexibility index (Phi) is 4.47. The quantitative estimate of drug-likeness (QED) is 0.808. The molecule has 1 saturated heterocycles. The van der Waals surface area contributed by atoms with Gasteiger partial charge in [0.25, 0.3) is 0 Å². The number of hydrogen-bond acceptors (Lipinski definition) is 5. The Labute approximate surface area is 139 Å². The highest BCUT2D eigenvalue weighted by Gasteiger charge is 2.26. The lowest BCUT2D eigenvalue weighted by Crippen LogP contribution is -2.41. The van der Waals surface area contributed by atoms with Crippen molar-refractivity contribution in [2.24, 2.45) is 7.05 Å². The predicted octanol–water partition coefficient (Wildman–Crippen LogP) is 2.26. The third kappa shape index (κ3) is 3.23. The second-order valence-corrected chi connectivity index (χ2v) is 5.73. The maximum Gasteiger partial charge on any atom is 0.356 e. The molecule has 1 aliphatic heterocycles. The highest BCUT2D eigenvalue weighted by Crippen LogP contribution is 2.26. The molecule has 1 aromatic heterocycles. The Bertz CT molecular complexity index is 796. The number of nitrogens with zero attached hydrogens (tertiary/aromatic N) is 4. The van der Waals surface area contributed by atoms with Crippen molar-refractivity contribution >= 4 is 11.7 Å². The minimum atomic E-state index is -0.438. The number of halogens is 1. The van der Waals surface area contributed by atoms with E-state index in [2.05, 4.69) is 5.10 Å². The minimum absolute atomic E-state index is 0.280. The van der Waals surface area contributed by atoms with Crippen molar-refractivity contribution in [2.45, 2.75) is 18.9 Å². The average molecular weight is 328 g/mol. The molecule has 0 radical (unpaired) electrons. The normalized spacial score (nSPS) is 17.4. The molecule has 1 atom stereocenters. The molecule has 124 valence electrons. The van der Waals surface area contributed by atoms with Crippen LogP contribution < -0.4 is 4.90 Å². The Hall–Kier alpha value is -2.88. The van der Waals surface area contributed by atoms with E-state index in [4.69, 9.17) is 4.74 Å². The fraction of sp³-hybridized carbons (Fsp3) is 0.353. The molecule has 24 heavy (non-hydrogen) atoms. The van der Waals surface area contributed by atoms with E-state index in [1.807, 2.05) is 11.0 Å². The van der Waals surface area contributed by atoms with Crippen LogP contribution in [0.25, 0.3) is 0 Å². The van der Waals surface area contributed by atoms with Crippen LogP contribution in [0.2, 0.25) is 0 Å². The molecule has 0 aliphatic carbocycles. The van der Waals surface area contributed by atoms with Crippen LogP contribution in [0.3, 0.4) is 0 Å². The van der Waals surface area contributed by atoms with Crippen LogP contribution in [0.5, 0.6) is 0 Å². The zero-order chi connectivity index (χ0) is 17.1. The highest BCUT2D eigenvalue weighted by atomic mass is 19.1. The SMILES string of the molecule is Cn1nccc1C(=O)OC1CCCN(c2ccc(F)cc2C#N)C1. The molecule has 2 heterocycles. The topological polar surface area (TPSA) is 71.2 Å². The molecule has 6 nitrogen and oxygen atoms in total. The van der Waals surface area contributed by atoms with Crippen LogP contribution in [0, 0.1) is 17.1 Å². The van der Waals surface area contributed by atoms with Gasteiger partial charge in [-0.25, -0.2) is 9.18 Å². The molecule has 0 amide bonds. The summed E-state index contributed by atoms with van der Waals surface area (Å²) < 4.78 is 20.3. The number of esters is 1. The molecule has 0 bridgehead atoms. The van der Waals surface area contributed by atoms with Crippen LogP contribution in [0.15, 0.2) is 30.5 Å². The van der Waals surface area contributed by atoms with E-state index in [-0.39, 0.29) is 11.7 Å². The van der Waals surface area contributed by atoms with Gasteiger partial charge in [-0.3, -0.25) is 4.68 Å². The molecular formula is C17H17FN4O2. The van der Waals surface area contributed by atoms with Gasteiger partial charge in [0.1, 0.15) is 23.7 Å². The van der Waals surface area contributed by atoms with Gasteiger partial charge in [-0.1, -0.05) is 0 Å². The van der Waals surface area contributed by atoms with E-state index < -0.39 is 11.8 Å². The lowest BCUT2D eigenvalue weighted by Gasteiger charge is -2.34. The molecule has 1 aliphatic rings. The van der Waals surface area contributed by atoms with Gasteiger partial charge in [-0.2, -0.15) is 10.4 Å². The summed E-state index contributed by atoms with van der Waals surface area (Å²) in [7, 11) is 1.68. The first-order valence-corrected chi connectivity index (χ1v) is 7.72. The molecule has 3 rings (SSSR count). The van der Waals surface area contributed by atoms with Crippen molar-refractivity contribution in [3.05, 3.63) is 47.5 Å². The molecule has 1 unspecified atom stereocenters. The van der Waals surface area contributed by atoms with Crippen molar-refractivity contribution in [1.82, 2.24) is 9.78 Å². The number of nitriles is 1. The summed E-state index contributed by atoms with van der Waals surface area (Å²) in [6.07, 6.45) is 2.84. The van der Waals surface area contributed by atoms with E-state index in [0.717, 1.165) is 19.4 Å². The fourth-order valence-electron chi connectivity index (χ4n) is 2.91. The smallest absolute Gasteiger partial charge is 0.356 e. The van der Waals surface area contributed by atoms with E-state index in [9.17, 15) is 14.4 Å². The number of carbonyl (C=O) groups excluding carboxylic acids is 1. The second kappa shape index (κ2) is 6.71. The van der Waals surface area contributed by atoms with Crippen molar-refractivity contribution in [3.8, 4) is 6.07 Å². The van der Waals surface area contributed by atoms with Gasteiger partial charge in [0.05, 0.1) is 17.8 Å². The van der Waals surface area contributed by atoms with Crippen LogP contribution in [-0.4, -0.2) is 34.9 Å². The third-order valence-electron chi connectivity index (χ3n) is 4.10. The van der Waals surface area contributed by atoms with Gasteiger partial charge >= 0.3 is 5.97 Å². The van der Waals surface area contributed by atoms with E-state index in [1.165, 1.54) is 16.8 Å². The average Bonchev–Trinajstić information content (AvgIpc) is 3.01. The summed E-state index contributed by atoms with van der Waals surface area (Å²) >= 11 is 0. The first-order chi connectivity index (χ1) is 11.6. The number of aryl methyl sites for hydroxylation is 1. The van der Waals surface area contributed by atoms with Gasteiger partial charge < -0.3 is 9.64 Å².